The van der Waals surface area contributed by atoms with E-state index in [1.807, 2.05) is 0 Å². The van der Waals surface area contributed by atoms with E-state index >= 15 is 0 Å². The maximum atomic E-state index is 6.50. The average molecular weight is 231 g/mol. The molecule has 1 aromatic carbocycles. The summed E-state index contributed by atoms with van der Waals surface area (Å²) >= 11 is 0. The quantitative estimate of drug-likeness (QED) is 0.810. The molecule has 0 bridgehead atoms. The van der Waals surface area contributed by atoms with E-state index in [0.29, 0.717) is 11.3 Å². The van der Waals surface area contributed by atoms with Gasteiger partial charge in [0.2, 0.25) is 0 Å². The molecule has 0 aliphatic heterocycles. The van der Waals surface area contributed by atoms with Crippen molar-refractivity contribution in [2.45, 2.75) is 52.5 Å². The van der Waals surface area contributed by atoms with Gasteiger partial charge in [-0.05, 0) is 36.7 Å². The molecule has 0 heterocycles. The van der Waals surface area contributed by atoms with Crippen LogP contribution in [0.2, 0.25) is 0 Å². The summed E-state index contributed by atoms with van der Waals surface area (Å²) in [7, 11) is 0. The highest BCUT2D eigenvalue weighted by Crippen LogP contribution is 2.45. The summed E-state index contributed by atoms with van der Waals surface area (Å²) < 4.78 is 0. The van der Waals surface area contributed by atoms with Crippen LogP contribution in [0, 0.1) is 18.3 Å². The summed E-state index contributed by atoms with van der Waals surface area (Å²) in [6, 6.07) is 8.94. The molecule has 1 heteroatoms. The highest BCUT2D eigenvalue weighted by Gasteiger charge is 2.36. The van der Waals surface area contributed by atoms with Crippen LogP contribution < -0.4 is 5.73 Å². The van der Waals surface area contributed by atoms with Crippen molar-refractivity contribution >= 4 is 0 Å². The molecule has 2 unspecified atom stereocenters. The van der Waals surface area contributed by atoms with E-state index < -0.39 is 0 Å². The molecule has 2 N–H and O–H groups in total. The summed E-state index contributed by atoms with van der Waals surface area (Å²) in [4.78, 5) is 0. The molecule has 0 spiro atoms. The van der Waals surface area contributed by atoms with Gasteiger partial charge in [0.1, 0.15) is 0 Å². The summed E-state index contributed by atoms with van der Waals surface area (Å²) in [5.41, 5.74) is 9.50. The molecule has 1 aliphatic rings. The number of hydrogen-bond acceptors (Lipinski definition) is 1. The Morgan fingerprint density at radius 3 is 2.41 bits per heavy atom. The lowest BCUT2D eigenvalue weighted by molar-refractivity contribution is 0.112. The van der Waals surface area contributed by atoms with Crippen LogP contribution in [-0.4, -0.2) is 0 Å². The van der Waals surface area contributed by atoms with E-state index in [9.17, 15) is 0 Å². The Balaban J connectivity index is 2.18. The Bertz CT molecular complexity index is 364. The molecule has 2 atom stereocenters. The van der Waals surface area contributed by atoms with Gasteiger partial charge in [-0.2, -0.15) is 0 Å². The van der Waals surface area contributed by atoms with Gasteiger partial charge in [-0.1, -0.05) is 56.5 Å². The molecule has 1 aliphatic carbocycles. The van der Waals surface area contributed by atoms with Gasteiger partial charge in [0, 0.05) is 6.04 Å². The predicted octanol–water partition coefficient (Wildman–Crippen LogP) is 4.21. The van der Waals surface area contributed by atoms with Crippen LogP contribution in [0.4, 0.5) is 0 Å². The summed E-state index contributed by atoms with van der Waals surface area (Å²) in [5, 5.41) is 0. The van der Waals surface area contributed by atoms with E-state index in [-0.39, 0.29) is 6.04 Å². The van der Waals surface area contributed by atoms with E-state index in [0.717, 1.165) is 0 Å². The van der Waals surface area contributed by atoms with Crippen molar-refractivity contribution in [1.82, 2.24) is 0 Å². The van der Waals surface area contributed by atoms with Crippen LogP contribution in [-0.2, 0) is 0 Å². The zero-order chi connectivity index (χ0) is 12.5. The molecule has 1 saturated carbocycles. The third-order valence-electron chi connectivity index (χ3n) is 4.49. The fourth-order valence-electron chi connectivity index (χ4n) is 3.21. The normalized spacial score (nSPS) is 25.5. The van der Waals surface area contributed by atoms with Crippen molar-refractivity contribution in [2.24, 2.45) is 17.1 Å². The van der Waals surface area contributed by atoms with Crippen LogP contribution >= 0.6 is 0 Å². The Morgan fingerprint density at radius 1 is 1.18 bits per heavy atom. The first kappa shape index (κ1) is 12.6. The van der Waals surface area contributed by atoms with Gasteiger partial charge < -0.3 is 5.73 Å². The van der Waals surface area contributed by atoms with E-state index in [4.69, 9.17) is 5.73 Å². The first-order valence-electron chi connectivity index (χ1n) is 6.83. The summed E-state index contributed by atoms with van der Waals surface area (Å²) in [6.45, 7) is 6.88. The lowest BCUT2D eigenvalue weighted by Gasteiger charge is -2.42. The molecule has 1 aromatic rings. The molecule has 0 saturated heterocycles. The van der Waals surface area contributed by atoms with Crippen molar-refractivity contribution < 1.29 is 0 Å². The maximum absolute atomic E-state index is 6.50. The Kier molecular flexibility index (Phi) is 3.58. The fraction of sp³-hybridized carbons (Fsp3) is 0.625. The highest BCUT2D eigenvalue weighted by atomic mass is 14.7. The predicted molar refractivity (Wildman–Crippen MR) is 73.8 cm³/mol. The third kappa shape index (κ3) is 2.71. The van der Waals surface area contributed by atoms with E-state index in [1.54, 1.807) is 0 Å². The SMILES string of the molecule is Cc1ccc(C(N)C2CCCCC2(C)C)cc1. The molecule has 1 nitrogen and oxygen atoms in total. The van der Waals surface area contributed by atoms with Crippen molar-refractivity contribution in [1.29, 1.82) is 0 Å². The first-order chi connectivity index (χ1) is 8.00. The monoisotopic (exact) mass is 231 g/mol. The minimum absolute atomic E-state index is 0.200. The van der Waals surface area contributed by atoms with Crippen LogP contribution in [0.5, 0.6) is 0 Å². The van der Waals surface area contributed by atoms with Crippen molar-refractivity contribution in [2.75, 3.05) is 0 Å². The maximum Gasteiger partial charge on any atom is 0.0328 e. The smallest absolute Gasteiger partial charge is 0.0328 e. The van der Waals surface area contributed by atoms with Gasteiger partial charge in [-0.3, -0.25) is 0 Å². The van der Waals surface area contributed by atoms with Crippen molar-refractivity contribution in [3.05, 3.63) is 35.4 Å². The van der Waals surface area contributed by atoms with Crippen LogP contribution in [0.25, 0.3) is 0 Å². The Labute approximate surface area is 105 Å². The van der Waals surface area contributed by atoms with E-state index in [2.05, 4.69) is 45.0 Å². The number of benzene rings is 1. The number of rotatable bonds is 2. The zero-order valence-electron chi connectivity index (χ0n) is 11.4. The number of aryl methyl sites for hydroxylation is 1. The second kappa shape index (κ2) is 4.81. The molecule has 0 aromatic heterocycles. The second-order valence-corrected chi connectivity index (χ2v) is 6.28. The second-order valence-electron chi connectivity index (χ2n) is 6.28. The van der Waals surface area contributed by atoms with Gasteiger partial charge in [0.05, 0.1) is 0 Å². The van der Waals surface area contributed by atoms with Crippen LogP contribution in [0.1, 0.15) is 56.7 Å². The molecular weight excluding hydrogens is 206 g/mol. The lowest BCUT2D eigenvalue weighted by atomic mass is 9.65. The molecular formula is C16H25N. The molecule has 1 fully saturated rings. The highest BCUT2D eigenvalue weighted by molar-refractivity contribution is 5.24. The van der Waals surface area contributed by atoms with E-state index in [1.165, 1.54) is 36.8 Å². The van der Waals surface area contributed by atoms with Crippen molar-refractivity contribution in [3.8, 4) is 0 Å². The molecule has 94 valence electrons. The fourth-order valence-corrected chi connectivity index (χ4v) is 3.21. The van der Waals surface area contributed by atoms with Gasteiger partial charge in [-0.25, -0.2) is 0 Å². The minimum atomic E-state index is 0.200. The number of hydrogen-bond donors (Lipinski definition) is 1. The zero-order valence-corrected chi connectivity index (χ0v) is 11.4. The summed E-state index contributed by atoms with van der Waals surface area (Å²) in [6.07, 6.45) is 5.30. The largest absolute Gasteiger partial charge is 0.324 e. The standard InChI is InChI=1S/C16H25N/c1-12-7-9-13(10-8-12)15(17)14-6-4-5-11-16(14,2)3/h7-10,14-15H,4-6,11,17H2,1-3H3. The molecule has 17 heavy (non-hydrogen) atoms. The van der Waals surface area contributed by atoms with Gasteiger partial charge in [-0.15, -0.1) is 0 Å². The lowest BCUT2D eigenvalue weighted by Crippen LogP contribution is -2.36. The van der Waals surface area contributed by atoms with Gasteiger partial charge >= 0.3 is 0 Å². The Morgan fingerprint density at radius 2 is 1.82 bits per heavy atom. The first-order valence-corrected chi connectivity index (χ1v) is 6.83. The van der Waals surface area contributed by atoms with Gasteiger partial charge in [0.25, 0.3) is 0 Å². The molecule has 0 amide bonds. The number of nitrogens with two attached hydrogens (primary N) is 1. The van der Waals surface area contributed by atoms with Crippen LogP contribution in [0.3, 0.4) is 0 Å². The Hall–Kier alpha value is -0.820. The molecule has 0 radical (unpaired) electrons. The topological polar surface area (TPSA) is 26.0 Å². The van der Waals surface area contributed by atoms with Crippen molar-refractivity contribution in [3.63, 3.8) is 0 Å². The minimum Gasteiger partial charge on any atom is -0.324 e. The summed E-state index contributed by atoms with van der Waals surface area (Å²) in [5.74, 6) is 0.624. The third-order valence-corrected chi connectivity index (χ3v) is 4.49. The average Bonchev–Trinajstić information content (AvgIpc) is 2.28. The van der Waals surface area contributed by atoms with Gasteiger partial charge in [0.15, 0.2) is 0 Å². The molecule has 2 rings (SSSR count). The van der Waals surface area contributed by atoms with Crippen LogP contribution in [0.15, 0.2) is 24.3 Å².